The average molecular weight is 229 g/mol. The first-order valence-corrected chi connectivity index (χ1v) is 5.74. The molecule has 1 N–H and O–H groups in total. The van der Waals surface area contributed by atoms with Gasteiger partial charge in [0.15, 0.2) is 0 Å². The van der Waals surface area contributed by atoms with E-state index >= 15 is 0 Å². The standard InChI is InChI=1S/C11H19NO4/c1-9(4-5-11(14)15)6-7-12-10(13)3-2-8-16-12/h9H,2-8H2,1H3,(H,14,15). The second kappa shape index (κ2) is 6.48. The summed E-state index contributed by atoms with van der Waals surface area (Å²) in [7, 11) is 0. The lowest BCUT2D eigenvalue weighted by molar-refractivity contribution is -0.199. The molecule has 1 heterocycles. The van der Waals surface area contributed by atoms with Crippen LogP contribution in [0.25, 0.3) is 0 Å². The zero-order chi connectivity index (χ0) is 12.0. The van der Waals surface area contributed by atoms with Crippen molar-refractivity contribution in [1.29, 1.82) is 0 Å². The van der Waals surface area contributed by atoms with Crippen LogP contribution in [0, 0.1) is 5.92 Å². The summed E-state index contributed by atoms with van der Waals surface area (Å²) in [6, 6.07) is 0. The topological polar surface area (TPSA) is 66.8 Å². The van der Waals surface area contributed by atoms with Gasteiger partial charge in [-0.3, -0.25) is 14.4 Å². The van der Waals surface area contributed by atoms with Crippen molar-refractivity contribution in [3.05, 3.63) is 0 Å². The summed E-state index contributed by atoms with van der Waals surface area (Å²) in [6.45, 7) is 3.17. The lowest BCUT2D eigenvalue weighted by Gasteiger charge is -2.26. The molecular formula is C11H19NO4. The molecule has 1 atom stereocenters. The molecule has 5 nitrogen and oxygen atoms in total. The van der Waals surface area contributed by atoms with Gasteiger partial charge in [0.1, 0.15) is 0 Å². The first kappa shape index (κ1) is 13.0. The number of carbonyl (C=O) groups is 2. The zero-order valence-electron chi connectivity index (χ0n) is 9.65. The van der Waals surface area contributed by atoms with E-state index in [0.717, 1.165) is 12.8 Å². The van der Waals surface area contributed by atoms with Crippen LogP contribution in [0.2, 0.25) is 0 Å². The second-order valence-corrected chi connectivity index (χ2v) is 4.26. The summed E-state index contributed by atoms with van der Waals surface area (Å²) in [5.74, 6) is -0.428. The van der Waals surface area contributed by atoms with E-state index in [1.54, 1.807) is 0 Å². The molecule has 1 aliphatic heterocycles. The van der Waals surface area contributed by atoms with Crippen LogP contribution in [0.1, 0.15) is 39.0 Å². The van der Waals surface area contributed by atoms with Crippen molar-refractivity contribution in [2.24, 2.45) is 5.92 Å². The van der Waals surface area contributed by atoms with Crippen molar-refractivity contribution in [3.63, 3.8) is 0 Å². The highest BCUT2D eigenvalue weighted by molar-refractivity contribution is 5.75. The predicted octanol–water partition coefficient (Wildman–Crippen LogP) is 1.43. The molecule has 0 aromatic heterocycles. The minimum absolute atomic E-state index is 0.0386. The molecule has 0 aliphatic carbocycles. The van der Waals surface area contributed by atoms with E-state index in [2.05, 4.69) is 0 Å². The van der Waals surface area contributed by atoms with Gasteiger partial charge in [-0.25, -0.2) is 5.06 Å². The van der Waals surface area contributed by atoms with Gasteiger partial charge in [0.05, 0.1) is 6.61 Å². The Hall–Kier alpha value is -1.10. The number of rotatable bonds is 6. The fourth-order valence-corrected chi connectivity index (χ4v) is 1.64. The van der Waals surface area contributed by atoms with Gasteiger partial charge < -0.3 is 5.11 Å². The summed E-state index contributed by atoms with van der Waals surface area (Å²) in [5.41, 5.74) is 0. The lowest BCUT2D eigenvalue weighted by Crippen LogP contribution is -2.36. The van der Waals surface area contributed by atoms with Gasteiger partial charge in [0.2, 0.25) is 5.91 Å². The largest absolute Gasteiger partial charge is 0.481 e. The summed E-state index contributed by atoms with van der Waals surface area (Å²) in [6.07, 6.45) is 2.99. The zero-order valence-corrected chi connectivity index (χ0v) is 9.65. The number of aliphatic carboxylic acids is 1. The lowest BCUT2D eigenvalue weighted by atomic mass is 10.0. The maximum atomic E-state index is 11.4. The van der Waals surface area contributed by atoms with E-state index in [-0.39, 0.29) is 12.3 Å². The number of carboxylic acids is 1. The number of hydroxylamine groups is 2. The third-order valence-corrected chi connectivity index (χ3v) is 2.74. The molecule has 1 unspecified atom stereocenters. The fraction of sp³-hybridized carbons (Fsp3) is 0.818. The van der Waals surface area contributed by atoms with Gasteiger partial charge in [0, 0.05) is 19.4 Å². The Morgan fingerprint density at radius 2 is 2.31 bits per heavy atom. The van der Waals surface area contributed by atoms with Gasteiger partial charge >= 0.3 is 5.97 Å². The van der Waals surface area contributed by atoms with Crippen molar-refractivity contribution in [2.45, 2.75) is 39.0 Å². The van der Waals surface area contributed by atoms with E-state index in [4.69, 9.17) is 9.94 Å². The SMILES string of the molecule is CC(CCC(=O)O)CCN1OCCCC1=O. The first-order chi connectivity index (χ1) is 7.59. The second-order valence-electron chi connectivity index (χ2n) is 4.26. The molecule has 0 radical (unpaired) electrons. The Labute approximate surface area is 95.3 Å². The van der Waals surface area contributed by atoms with E-state index in [0.29, 0.717) is 31.9 Å². The van der Waals surface area contributed by atoms with Crippen molar-refractivity contribution >= 4 is 11.9 Å². The van der Waals surface area contributed by atoms with Crippen LogP contribution >= 0.6 is 0 Å². The smallest absolute Gasteiger partial charge is 0.303 e. The van der Waals surface area contributed by atoms with Crippen LogP contribution in [0.15, 0.2) is 0 Å². The molecule has 0 spiro atoms. The van der Waals surface area contributed by atoms with Crippen LogP contribution in [-0.4, -0.2) is 35.2 Å². The molecule has 0 bridgehead atoms. The summed E-state index contributed by atoms with van der Waals surface area (Å²) in [4.78, 5) is 27.0. The Morgan fingerprint density at radius 1 is 1.56 bits per heavy atom. The first-order valence-electron chi connectivity index (χ1n) is 5.74. The van der Waals surface area contributed by atoms with Gasteiger partial charge in [0.25, 0.3) is 0 Å². The molecule has 1 saturated heterocycles. The Balaban J connectivity index is 2.17. The minimum atomic E-state index is -0.767. The normalized spacial score (nSPS) is 18.6. The van der Waals surface area contributed by atoms with Crippen molar-refractivity contribution in [2.75, 3.05) is 13.2 Å². The maximum Gasteiger partial charge on any atom is 0.303 e. The number of amides is 1. The molecule has 16 heavy (non-hydrogen) atoms. The molecule has 1 fully saturated rings. The molecule has 1 aliphatic rings. The molecule has 0 saturated carbocycles. The van der Waals surface area contributed by atoms with Crippen molar-refractivity contribution < 1.29 is 19.5 Å². The third kappa shape index (κ3) is 4.61. The monoisotopic (exact) mass is 229 g/mol. The van der Waals surface area contributed by atoms with E-state index < -0.39 is 5.97 Å². The van der Waals surface area contributed by atoms with Crippen molar-refractivity contribution in [1.82, 2.24) is 5.06 Å². The van der Waals surface area contributed by atoms with Gasteiger partial charge in [-0.2, -0.15) is 0 Å². The van der Waals surface area contributed by atoms with Gasteiger partial charge in [-0.15, -0.1) is 0 Å². The molecule has 92 valence electrons. The molecule has 0 aromatic rings. The van der Waals surface area contributed by atoms with Crippen molar-refractivity contribution in [3.8, 4) is 0 Å². The highest BCUT2D eigenvalue weighted by atomic mass is 16.7. The number of hydrogen-bond donors (Lipinski definition) is 1. The number of nitrogens with zero attached hydrogens (tertiary/aromatic N) is 1. The van der Waals surface area contributed by atoms with Crippen LogP contribution < -0.4 is 0 Å². The minimum Gasteiger partial charge on any atom is -0.481 e. The molecule has 1 amide bonds. The highest BCUT2D eigenvalue weighted by Gasteiger charge is 2.19. The number of hydrogen-bond acceptors (Lipinski definition) is 3. The third-order valence-electron chi connectivity index (χ3n) is 2.74. The summed E-state index contributed by atoms with van der Waals surface area (Å²) in [5, 5.41) is 9.95. The Morgan fingerprint density at radius 3 is 2.94 bits per heavy atom. The summed E-state index contributed by atoms with van der Waals surface area (Å²) >= 11 is 0. The Kier molecular flexibility index (Phi) is 5.25. The quantitative estimate of drug-likeness (QED) is 0.748. The van der Waals surface area contributed by atoms with Crippen LogP contribution in [-0.2, 0) is 14.4 Å². The van der Waals surface area contributed by atoms with Crippen LogP contribution in [0.4, 0.5) is 0 Å². The molecular weight excluding hydrogens is 210 g/mol. The van der Waals surface area contributed by atoms with Crippen LogP contribution in [0.5, 0.6) is 0 Å². The number of carboxylic acid groups (broad SMARTS) is 1. The summed E-state index contributed by atoms with van der Waals surface area (Å²) < 4.78 is 0. The van der Waals surface area contributed by atoms with E-state index in [1.165, 1.54) is 5.06 Å². The fourth-order valence-electron chi connectivity index (χ4n) is 1.64. The molecule has 0 aromatic carbocycles. The van der Waals surface area contributed by atoms with E-state index in [9.17, 15) is 9.59 Å². The molecule has 5 heteroatoms. The average Bonchev–Trinajstić information content (AvgIpc) is 2.25. The highest BCUT2D eigenvalue weighted by Crippen LogP contribution is 2.14. The van der Waals surface area contributed by atoms with E-state index in [1.807, 2.05) is 6.92 Å². The number of carbonyl (C=O) groups excluding carboxylic acids is 1. The van der Waals surface area contributed by atoms with Crippen LogP contribution in [0.3, 0.4) is 0 Å². The molecule has 1 rings (SSSR count). The van der Waals surface area contributed by atoms with Gasteiger partial charge in [-0.1, -0.05) is 6.92 Å². The van der Waals surface area contributed by atoms with Gasteiger partial charge in [-0.05, 0) is 25.2 Å². The Bertz CT molecular complexity index is 254. The maximum absolute atomic E-state index is 11.4. The predicted molar refractivity (Wildman–Crippen MR) is 57.5 cm³/mol.